The molecule has 0 aliphatic carbocycles. The summed E-state index contributed by atoms with van der Waals surface area (Å²) < 4.78 is 52.1. The quantitative estimate of drug-likeness (QED) is 0.304. The van der Waals surface area contributed by atoms with E-state index in [1.165, 1.54) is 0 Å². The zero-order chi connectivity index (χ0) is 15.3. The molecule has 0 aromatic heterocycles. The molecule has 0 radical (unpaired) electrons. The minimum absolute atomic E-state index is 0.132. The van der Waals surface area contributed by atoms with E-state index in [2.05, 4.69) is 4.74 Å². The van der Waals surface area contributed by atoms with Crippen LogP contribution in [0.15, 0.2) is 29.8 Å². The van der Waals surface area contributed by atoms with Crippen LogP contribution in [0.1, 0.15) is 5.56 Å². The average Bonchev–Trinajstić information content (AvgIpc) is 2.34. The van der Waals surface area contributed by atoms with Crippen LogP contribution in [0.5, 0.6) is 0 Å². The average molecular weight is 292 g/mol. The molecule has 20 heavy (non-hydrogen) atoms. The van der Waals surface area contributed by atoms with Gasteiger partial charge in [0.1, 0.15) is 11.4 Å². The molecule has 1 N–H and O–H groups in total. The first-order valence-corrected chi connectivity index (χ1v) is 5.13. The molecule has 1 aromatic rings. The minimum Gasteiger partial charge on any atom is -0.477 e. The Bertz CT molecular complexity index is 531. The summed E-state index contributed by atoms with van der Waals surface area (Å²) in [4.78, 5) is 22.1. The third kappa shape index (κ3) is 5.09. The van der Waals surface area contributed by atoms with Crippen molar-refractivity contribution in [3.05, 3.63) is 41.2 Å². The number of alkyl halides is 3. The van der Waals surface area contributed by atoms with E-state index in [1.807, 2.05) is 0 Å². The second-order valence-electron chi connectivity index (χ2n) is 3.61. The van der Waals surface area contributed by atoms with Crippen LogP contribution >= 0.6 is 0 Å². The predicted molar refractivity (Wildman–Crippen MR) is 59.0 cm³/mol. The highest BCUT2D eigenvalue weighted by atomic mass is 19.4. The lowest BCUT2D eigenvalue weighted by Gasteiger charge is -2.08. The number of carbonyl (C=O) groups excluding carboxylic acids is 1. The van der Waals surface area contributed by atoms with Crippen LogP contribution in [0.4, 0.5) is 17.6 Å². The molecule has 108 valence electrons. The number of rotatable bonds is 4. The fraction of sp³-hybridized carbons (Fsp3) is 0.167. The monoisotopic (exact) mass is 292 g/mol. The van der Waals surface area contributed by atoms with E-state index >= 15 is 0 Å². The van der Waals surface area contributed by atoms with Crippen LogP contribution in [0.2, 0.25) is 0 Å². The third-order valence-corrected chi connectivity index (χ3v) is 2.00. The molecule has 0 amide bonds. The van der Waals surface area contributed by atoms with Gasteiger partial charge in [-0.25, -0.2) is 14.0 Å². The molecule has 0 bridgehead atoms. The number of carboxylic acid groups (broad SMARTS) is 1. The van der Waals surface area contributed by atoms with Gasteiger partial charge in [0.2, 0.25) is 0 Å². The summed E-state index contributed by atoms with van der Waals surface area (Å²) in [6.07, 6.45) is -3.96. The maximum absolute atomic E-state index is 12.6. The van der Waals surface area contributed by atoms with Crippen molar-refractivity contribution < 1.29 is 37.0 Å². The van der Waals surface area contributed by atoms with E-state index in [0.717, 1.165) is 30.3 Å². The van der Waals surface area contributed by atoms with E-state index in [0.29, 0.717) is 0 Å². The van der Waals surface area contributed by atoms with Gasteiger partial charge in [-0.15, -0.1) is 0 Å². The second kappa shape index (κ2) is 6.18. The van der Waals surface area contributed by atoms with E-state index in [1.54, 1.807) is 0 Å². The van der Waals surface area contributed by atoms with Crippen molar-refractivity contribution >= 4 is 18.0 Å². The van der Waals surface area contributed by atoms with Crippen molar-refractivity contribution in [1.82, 2.24) is 0 Å². The maximum atomic E-state index is 12.6. The number of esters is 1. The van der Waals surface area contributed by atoms with Crippen molar-refractivity contribution in [2.45, 2.75) is 6.18 Å². The van der Waals surface area contributed by atoms with Gasteiger partial charge in [-0.05, 0) is 23.8 Å². The molecular weight excluding hydrogens is 284 g/mol. The second-order valence-corrected chi connectivity index (χ2v) is 3.61. The standard InChI is InChI=1S/C12H8F4O4/c13-8-3-1-7(2-4-8)5-9(10(17)18)11(19)20-6-12(14,15)16/h1-5H,6H2,(H,17,18)/b9-5-. The van der Waals surface area contributed by atoms with E-state index < -0.39 is 36.1 Å². The number of carbonyl (C=O) groups is 2. The molecule has 1 rings (SSSR count). The molecule has 0 saturated carbocycles. The summed E-state index contributed by atoms with van der Waals surface area (Å²) in [5, 5.41) is 8.76. The number of ether oxygens (including phenoxy) is 1. The molecule has 0 aliphatic rings. The highest BCUT2D eigenvalue weighted by molar-refractivity contribution is 6.17. The largest absolute Gasteiger partial charge is 0.477 e. The molecule has 0 heterocycles. The van der Waals surface area contributed by atoms with Gasteiger partial charge in [-0.1, -0.05) is 12.1 Å². The van der Waals surface area contributed by atoms with Crippen molar-refractivity contribution in [1.29, 1.82) is 0 Å². The molecule has 0 saturated heterocycles. The topological polar surface area (TPSA) is 63.6 Å². The first-order chi connectivity index (χ1) is 9.19. The normalized spacial score (nSPS) is 12.1. The summed E-state index contributed by atoms with van der Waals surface area (Å²) in [6.45, 7) is -1.89. The van der Waals surface area contributed by atoms with Gasteiger partial charge in [0, 0.05) is 0 Å². The van der Waals surface area contributed by atoms with Gasteiger partial charge >= 0.3 is 18.1 Å². The van der Waals surface area contributed by atoms with Crippen molar-refractivity contribution in [3.8, 4) is 0 Å². The summed E-state index contributed by atoms with van der Waals surface area (Å²) in [5.74, 6) is -3.96. The molecule has 0 aliphatic heterocycles. The lowest BCUT2D eigenvalue weighted by molar-refractivity contribution is -0.184. The summed E-state index contributed by atoms with van der Waals surface area (Å²) in [6, 6.07) is 4.34. The number of benzene rings is 1. The smallest absolute Gasteiger partial charge is 0.422 e. The van der Waals surface area contributed by atoms with E-state index in [4.69, 9.17) is 5.11 Å². The summed E-state index contributed by atoms with van der Waals surface area (Å²) >= 11 is 0. The van der Waals surface area contributed by atoms with Crippen LogP contribution in [0, 0.1) is 5.82 Å². The minimum atomic E-state index is -4.75. The van der Waals surface area contributed by atoms with Gasteiger partial charge in [-0.2, -0.15) is 13.2 Å². The van der Waals surface area contributed by atoms with Crippen molar-refractivity contribution in [2.24, 2.45) is 0 Å². The van der Waals surface area contributed by atoms with Gasteiger partial charge < -0.3 is 9.84 Å². The Labute approximate surface area is 110 Å². The molecule has 4 nitrogen and oxygen atoms in total. The Morgan fingerprint density at radius 2 is 1.75 bits per heavy atom. The Morgan fingerprint density at radius 1 is 1.20 bits per heavy atom. The first-order valence-electron chi connectivity index (χ1n) is 5.13. The number of carboxylic acids is 1. The van der Waals surface area contributed by atoms with Gasteiger partial charge in [-0.3, -0.25) is 0 Å². The summed E-state index contributed by atoms with van der Waals surface area (Å²) in [5.41, 5.74) is -0.853. The number of hydrogen-bond donors (Lipinski definition) is 1. The number of aliphatic carboxylic acids is 1. The third-order valence-electron chi connectivity index (χ3n) is 2.00. The molecule has 1 aromatic carbocycles. The lowest BCUT2D eigenvalue weighted by atomic mass is 10.1. The predicted octanol–water partition coefficient (Wildman–Crippen LogP) is 2.40. The highest BCUT2D eigenvalue weighted by Gasteiger charge is 2.31. The molecular formula is C12H8F4O4. The Hall–Kier alpha value is -2.38. The van der Waals surface area contributed by atoms with Crippen LogP contribution in [0.3, 0.4) is 0 Å². The van der Waals surface area contributed by atoms with Crippen molar-refractivity contribution in [3.63, 3.8) is 0 Å². The zero-order valence-corrected chi connectivity index (χ0v) is 9.78. The van der Waals surface area contributed by atoms with Crippen molar-refractivity contribution in [2.75, 3.05) is 6.61 Å². The molecule has 0 atom stereocenters. The van der Waals surface area contributed by atoms with Crippen LogP contribution in [-0.2, 0) is 14.3 Å². The fourth-order valence-electron chi connectivity index (χ4n) is 1.16. The Balaban J connectivity index is 2.91. The summed E-state index contributed by atoms with van der Waals surface area (Å²) in [7, 11) is 0. The van der Waals surface area contributed by atoms with Gasteiger partial charge in [0.05, 0.1) is 0 Å². The van der Waals surface area contributed by atoms with Gasteiger partial charge in [0.25, 0.3) is 0 Å². The molecule has 8 heteroatoms. The SMILES string of the molecule is O=C(O)/C(=C/c1ccc(F)cc1)C(=O)OCC(F)(F)F. The zero-order valence-electron chi connectivity index (χ0n) is 9.78. The van der Waals surface area contributed by atoms with Crippen LogP contribution in [-0.4, -0.2) is 29.8 Å². The van der Waals surface area contributed by atoms with Crippen LogP contribution < -0.4 is 0 Å². The molecule has 0 unspecified atom stereocenters. The van der Waals surface area contributed by atoms with E-state index in [9.17, 15) is 27.2 Å². The Morgan fingerprint density at radius 3 is 2.20 bits per heavy atom. The first kappa shape index (κ1) is 15.7. The lowest BCUT2D eigenvalue weighted by Crippen LogP contribution is -2.23. The van der Waals surface area contributed by atoms with Crippen LogP contribution in [0.25, 0.3) is 6.08 Å². The molecule has 0 spiro atoms. The van der Waals surface area contributed by atoms with E-state index in [-0.39, 0.29) is 5.56 Å². The fourth-order valence-corrected chi connectivity index (χ4v) is 1.16. The Kier molecular flexibility index (Phi) is 4.84. The number of hydrogen-bond acceptors (Lipinski definition) is 3. The maximum Gasteiger partial charge on any atom is 0.422 e. The number of halogens is 4. The highest BCUT2D eigenvalue weighted by Crippen LogP contribution is 2.16. The molecule has 0 fully saturated rings. The van der Waals surface area contributed by atoms with Gasteiger partial charge in [0.15, 0.2) is 6.61 Å².